The number of nitrogens with one attached hydrogen (secondary N) is 1. The van der Waals surface area contributed by atoms with Crippen LogP contribution in [0.2, 0.25) is 0 Å². The Balaban J connectivity index is 1.51. The van der Waals surface area contributed by atoms with E-state index in [2.05, 4.69) is 10.2 Å². The Morgan fingerprint density at radius 1 is 0.839 bits per heavy atom. The topological polar surface area (TPSA) is 69.7 Å². The van der Waals surface area contributed by atoms with Crippen molar-refractivity contribution in [1.82, 2.24) is 4.31 Å². The van der Waals surface area contributed by atoms with Crippen molar-refractivity contribution in [3.8, 4) is 0 Å². The highest BCUT2D eigenvalue weighted by atomic mass is 32.2. The molecular formula is C24H31N3O3S. The summed E-state index contributed by atoms with van der Waals surface area (Å²) in [6, 6.07) is 12.8. The van der Waals surface area contributed by atoms with Gasteiger partial charge >= 0.3 is 0 Å². The van der Waals surface area contributed by atoms with Crippen LogP contribution in [-0.2, 0) is 10.0 Å². The van der Waals surface area contributed by atoms with E-state index in [0.717, 1.165) is 44.5 Å². The van der Waals surface area contributed by atoms with Gasteiger partial charge in [-0.15, -0.1) is 0 Å². The number of anilines is 2. The van der Waals surface area contributed by atoms with E-state index in [1.165, 1.54) is 18.9 Å². The fourth-order valence-corrected chi connectivity index (χ4v) is 6.14. The Morgan fingerprint density at radius 3 is 2.10 bits per heavy atom. The number of sulfonamides is 1. The number of hydrogen-bond acceptors (Lipinski definition) is 4. The molecule has 1 amide bonds. The molecule has 0 aromatic heterocycles. The number of carbonyl (C=O) groups is 1. The van der Waals surface area contributed by atoms with Crippen molar-refractivity contribution in [2.75, 3.05) is 36.4 Å². The summed E-state index contributed by atoms with van der Waals surface area (Å²) in [7, 11) is -3.61. The first kappa shape index (κ1) is 21.8. The van der Waals surface area contributed by atoms with E-state index in [-0.39, 0.29) is 10.8 Å². The molecule has 2 heterocycles. The Kier molecular flexibility index (Phi) is 6.62. The maximum Gasteiger partial charge on any atom is 0.255 e. The number of nitrogens with zero attached hydrogens (tertiary/aromatic N) is 2. The minimum Gasteiger partial charge on any atom is -0.372 e. The average Bonchev–Trinajstić information content (AvgIpc) is 3.16. The number of hydrogen-bond donors (Lipinski definition) is 1. The summed E-state index contributed by atoms with van der Waals surface area (Å²) in [5.41, 5.74) is 2.88. The highest BCUT2D eigenvalue weighted by Crippen LogP contribution is 2.25. The molecule has 7 heteroatoms. The molecule has 166 valence electrons. The van der Waals surface area contributed by atoms with E-state index in [4.69, 9.17) is 0 Å². The van der Waals surface area contributed by atoms with E-state index in [0.29, 0.717) is 29.9 Å². The molecule has 2 aromatic carbocycles. The van der Waals surface area contributed by atoms with E-state index in [1.54, 1.807) is 23.4 Å². The van der Waals surface area contributed by atoms with Gasteiger partial charge in [0, 0.05) is 43.1 Å². The van der Waals surface area contributed by atoms with Gasteiger partial charge < -0.3 is 10.2 Å². The van der Waals surface area contributed by atoms with Gasteiger partial charge in [-0.1, -0.05) is 18.9 Å². The maximum absolute atomic E-state index is 13.2. The van der Waals surface area contributed by atoms with Gasteiger partial charge in [0.25, 0.3) is 5.91 Å². The van der Waals surface area contributed by atoms with Gasteiger partial charge in [0.15, 0.2) is 0 Å². The quantitative estimate of drug-likeness (QED) is 0.746. The highest BCUT2D eigenvalue weighted by molar-refractivity contribution is 7.89. The number of carbonyl (C=O) groups excluding carboxylic acids is 1. The minimum atomic E-state index is -3.61. The Hall–Kier alpha value is -2.38. The maximum atomic E-state index is 13.2. The van der Waals surface area contributed by atoms with Crippen LogP contribution in [0.3, 0.4) is 0 Å². The van der Waals surface area contributed by atoms with Crippen molar-refractivity contribution in [1.29, 1.82) is 0 Å². The molecule has 0 spiro atoms. The average molecular weight is 442 g/mol. The molecule has 1 N–H and O–H groups in total. The highest BCUT2D eigenvalue weighted by Gasteiger charge is 2.27. The van der Waals surface area contributed by atoms with Crippen LogP contribution in [0.5, 0.6) is 0 Å². The molecule has 0 radical (unpaired) electrons. The first-order chi connectivity index (χ1) is 14.9. The van der Waals surface area contributed by atoms with Gasteiger partial charge in [-0.25, -0.2) is 8.42 Å². The lowest BCUT2D eigenvalue weighted by Gasteiger charge is -2.21. The van der Waals surface area contributed by atoms with Crippen LogP contribution in [0.15, 0.2) is 47.4 Å². The first-order valence-corrected chi connectivity index (χ1v) is 12.7. The van der Waals surface area contributed by atoms with Gasteiger partial charge in [0.2, 0.25) is 10.0 Å². The van der Waals surface area contributed by atoms with Crippen molar-refractivity contribution in [3.63, 3.8) is 0 Å². The zero-order valence-corrected chi connectivity index (χ0v) is 19.0. The second kappa shape index (κ2) is 9.40. The van der Waals surface area contributed by atoms with Crippen LogP contribution >= 0.6 is 0 Å². The zero-order valence-electron chi connectivity index (χ0n) is 18.1. The summed E-state index contributed by atoms with van der Waals surface area (Å²) >= 11 is 0. The van der Waals surface area contributed by atoms with Gasteiger partial charge in [-0.2, -0.15) is 4.31 Å². The molecule has 4 rings (SSSR count). The van der Waals surface area contributed by atoms with Gasteiger partial charge in [0.05, 0.1) is 4.90 Å². The molecule has 0 aliphatic carbocycles. The summed E-state index contributed by atoms with van der Waals surface area (Å²) in [6.45, 7) is 5.01. The molecule has 2 saturated heterocycles. The summed E-state index contributed by atoms with van der Waals surface area (Å²) in [4.78, 5) is 15.4. The van der Waals surface area contributed by atoms with Crippen molar-refractivity contribution in [2.24, 2.45) is 0 Å². The van der Waals surface area contributed by atoms with Crippen LogP contribution in [0.25, 0.3) is 0 Å². The summed E-state index contributed by atoms with van der Waals surface area (Å²) < 4.78 is 28.1. The molecule has 0 atom stereocenters. The molecule has 2 aliphatic heterocycles. The van der Waals surface area contributed by atoms with Crippen molar-refractivity contribution in [3.05, 3.63) is 53.6 Å². The summed E-state index contributed by atoms with van der Waals surface area (Å²) in [6.07, 6.45) is 6.31. The lowest BCUT2D eigenvalue weighted by Crippen LogP contribution is -2.32. The van der Waals surface area contributed by atoms with Crippen LogP contribution in [-0.4, -0.2) is 44.8 Å². The third kappa shape index (κ3) is 4.93. The molecular weight excluding hydrogens is 410 g/mol. The zero-order chi connectivity index (χ0) is 21.8. The number of aryl methyl sites for hydroxylation is 1. The molecule has 2 aromatic rings. The van der Waals surface area contributed by atoms with E-state index in [9.17, 15) is 13.2 Å². The lowest BCUT2D eigenvalue weighted by atomic mass is 10.1. The summed E-state index contributed by atoms with van der Waals surface area (Å²) in [5, 5.41) is 2.90. The Labute approximate surface area is 185 Å². The van der Waals surface area contributed by atoms with Crippen molar-refractivity contribution in [2.45, 2.75) is 50.3 Å². The molecule has 31 heavy (non-hydrogen) atoms. The predicted octanol–water partition coefficient (Wildman–Crippen LogP) is 4.41. The fourth-order valence-electron chi connectivity index (χ4n) is 4.37. The van der Waals surface area contributed by atoms with Crippen LogP contribution in [0, 0.1) is 6.92 Å². The second-order valence-corrected chi connectivity index (χ2v) is 10.4. The van der Waals surface area contributed by atoms with Crippen molar-refractivity contribution < 1.29 is 13.2 Å². The van der Waals surface area contributed by atoms with Crippen LogP contribution in [0.1, 0.15) is 54.4 Å². The molecule has 6 nitrogen and oxygen atoms in total. The molecule has 2 aliphatic rings. The number of benzene rings is 2. The number of amides is 1. The smallest absolute Gasteiger partial charge is 0.255 e. The third-order valence-electron chi connectivity index (χ3n) is 6.23. The predicted molar refractivity (Wildman–Crippen MR) is 124 cm³/mol. The van der Waals surface area contributed by atoms with E-state index < -0.39 is 10.0 Å². The second-order valence-electron chi connectivity index (χ2n) is 8.49. The Bertz CT molecular complexity index is 1020. The molecule has 0 saturated carbocycles. The van der Waals surface area contributed by atoms with E-state index >= 15 is 0 Å². The number of rotatable bonds is 5. The van der Waals surface area contributed by atoms with Crippen molar-refractivity contribution >= 4 is 27.3 Å². The molecule has 2 fully saturated rings. The van der Waals surface area contributed by atoms with Gasteiger partial charge in [0.1, 0.15) is 0 Å². The van der Waals surface area contributed by atoms with E-state index in [1.807, 2.05) is 24.3 Å². The SMILES string of the molecule is Cc1ccc(C(=O)Nc2ccc(N3CCCC3)cc2)cc1S(=O)(=O)N1CCCCCC1. The van der Waals surface area contributed by atoms with Crippen LogP contribution < -0.4 is 10.2 Å². The molecule has 0 unspecified atom stereocenters. The fraction of sp³-hybridized carbons (Fsp3) is 0.458. The standard InChI is InChI=1S/C24H31N3O3S/c1-19-8-9-20(18-23(19)31(29,30)27-16-4-2-3-5-17-27)24(28)25-21-10-12-22(13-11-21)26-14-6-7-15-26/h8-13,18H,2-7,14-17H2,1H3,(H,25,28). The van der Waals surface area contributed by atoms with Gasteiger partial charge in [-0.3, -0.25) is 4.79 Å². The lowest BCUT2D eigenvalue weighted by molar-refractivity contribution is 0.102. The molecule has 0 bridgehead atoms. The van der Waals surface area contributed by atoms with Crippen LogP contribution in [0.4, 0.5) is 11.4 Å². The Morgan fingerprint density at radius 2 is 1.45 bits per heavy atom. The largest absolute Gasteiger partial charge is 0.372 e. The monoisotopic (exact) mass is 441 g/mol. The normalized spacial score (nSPS) is 18.0. The minimum absolute atomic E-state index is 0.228. The first-order valence-electron chi connectivity index (χ1n) is 11.2. The third-order valence-corrected chi connectivity index (χ3v) is 8.27. The summed E-state index contributed by atoms with van der Waals surface area (Å²) in [5.74, 6) is -0.304. The van der Waals surface area contributed by atoms with Gasteiger partial charge in [-0.05, 0) is 74.6 Å².